The molecular weight excluding hydrogens is 686 g/mol. The molecule has 0 spiro atoms. The van der Waals surface area contributed by atoms with Crippen molar-refractivity contribution in [1.82, 2.24) is 34.9 Å². The summed E-state index contributed by atoms with van der Waals surface area (Å²) in [6.45, 7) is 13.3. The monoisotopic (exact) mass is 747 g/mol. The lowest BCUT2D eigenvalue weighted by molar-refractivity contribution is -0.140. The molecule has 0 radical (unpaired) electrons. The van der Waals surface area contributed by atoms with Gasteiger partial charge in [0.1, 0.15) is 23.7 Å². The summed E-state index contributed by atoms with van der Waals surface area (Å²) < 4.78 is 29.6. The summed E-state index contributed by atoms with van der Waals surface area (Å²) in [7, 11) is 1.92. The van der Waals surface area contributed by atoms with Crippen LogP contribution in [0.15, 0.2) is 6.20 Å². The molecule has 0 unspecified atom stereocenters. The van der Waals surface area contributed by atoms with Crippen LogP contribution in [0.5, 0.6) is 0 Å². The van der Waals surface area contributed by atoms with Gasteiger partial charge in [-0.2, -0.15) is 10.1 Å². The number of hydrogen-bond donors (Lipinski definition) is 4. The van der Waals surface area contributed by atoms with Crippen LogP contribution < -0.4 is 16.0 Å². The summed E-state index contributed by atoms with van der Waals surface area (Å²) in [6.07, 6.45) is 6.35. The van der Waals surface area contributed by atoms with E-state index < -0.39 is 17.6 Å². The molecule has 2 aromatic rings. The SMILES string of the molecule is Cn1ncc2nc(NCCOCCOCCOCCOCC(=O)N[C@H](C(=O)N3CC[C@@H](O)C3)C(C)(C)C)nc(NC3CCC(N4CCOCC4)CC3)c21. The lowest BCUT2D eigenvalue weighted by atomic mass is 9.85. The normalized spacial score (nSPS) is 21.9. The number of aryl methyl sites for hydroxylation is 1. The number of aromatic nitrogens is 4. The molecule has 0 bridgehead atoms. The highest BCUT2D eigenvalue weighted by Gasteiger charge is 2.38. The number of fused-ring (bicyclic) bond motifs is 1. The molecule has 1 saturated carbocycles. The van der Waals surface area contributed by atoms with Gasteiger partial charge in [-0.15, -0.1) is 0 Å². The number of aliphatic hydroxyl groups excluding tert-OH is 1. The van der Waals surface area contributed by atoms with Crippen LogP contribution in [0, 0.1) is 5.41 Å². The summed E-state index contributed by atoms with van der Waals surface area (Å²) in [5.74, 6) is 0.794. The lowest BCUT2D eigenvalue weighted by Gasteiger charge is -2.39. The molecule has 3 fully saturated rings. The Hall–Kier alpha value is -3.19. The van der Waals surface area contributed by atoms with Gasteiger partial charge in [0.05, 0.1) is 71.8 Å². The first-order valence-electron chi connectivity index (χ1n) is 19.2. The highest BCUT2D eigenvalue weighted by molar-refractivity contribution is 5.89. The van der Waals surface area contributed by atoms with E-state index in [1.54, 1.807) is 11.1 Å². The van der Waals surface area contributed by atoms with Crippen molar-refractivity contribution in [3.8, 4) is 0 Å². The number of rotatable bonds is 20. The van der Waals surface area contributed by atoms with Crippen molar-refractivity contribution in [2.24, 2.45) is 12.5 Å². The fourth-order valence-electron chi connectivity index (χ4n) is 7.02. The summed E-state index contributed by atoms with van der Waals surface area (Å²) in [4.78, 5) is 39.1. The Bertz CT molecular complexity index is 1430. The Labute approximate surface area is 312 Å². The largest absolute Gasteiger partial charge is 0.391 e. The van der Waals surface area contributed by atoms with Crippen LogP contribution in [0.25, 0.3) is 11.0 Å². The first kappa shape index (κ1) is 41.0. The predicted octanol–water partition coefficient (Wildman–Crippen LogP) is 1.02. The molecule has 3 aliphatic rings. The van der Waals surface area contributed by atoms with Crippen LogP contribution in [0.2, 0.25) is 0 Å². The smallest absolute Gasteiger partial charge is 0.246 e. The highest BCUT2D eigenvalue weighted by atomic mass is 16.6. The molecule has 0 aromatic carbocycles. The first-order valence-corrected chi connectivity index (χ1v) is 19.2. The predicted molar refractivity (Wildman–Crippen MR) is 199 cm³/mol. The summed E-state index contributed by atoms with van der Waals surface area (Å²) in [5, 5.41) is 24.0. The molecule has 53 heavy (non-hydrogen) atoms. The minimum absolute atomic E-state index is 0.173. The van der Waals surface area contributed by atoms with Gasteiger partial charge >= 0.3 is 0 Å². The third-order valence-electron chi connectivity index (χ3n) is 9.96. The number of nitrogens with zero attached hydrogens (tertiary/aromatic N) is 6. The van der Waals surface area contributed by atoms with E-state index in [9.17, 15) is 14.7 Å². The van der Waals surface area contributed by atoms with E-state index in [-0.39, 0.29) is 25.0 Å². The molecule has 5 rings (SSSR count). The molecule has 1 aliphatic carbocycles. The zero-order valence-corrected chi connectivity index (χ0v) is 32.0. The van der Waals surface area contributed by atoms with Crippen LogP contribution in [-0.4, -0.2) is 169 Å². The molecule has 298 valence electrons. The Balaban J connectivity index is 0.886. The molecule has 2 atom stereocenters. The molecule has 2 aromatic heterocycles. The third-order valence-corrected chi connectivity index (χ3v) is 9.96. The number of aliphatic hydroxyl groups is 1. The van der Waals surface area contributed by atoms with Crippen molar-refractivity contribution >= 4 is 34.6 Å². The van der Waals surface area contributed by atoms with Gasteiger partial charge in [0.15, 0.2) is 5.82 Å². The molecular formula is C36H61N9O8. The second-order valence-corrected chi connectivity index (χ2v) is 15.1. The van der Waals surface area contributed by atoms with Crippen molar-refractivity contribution in [2.75, 3.05) is 109 Å². The fourth-order valence-corrected chi connectivity index (χ4v) is 7.02. The van der Waals surface area contributed by atoms with Crippen molar-refractivity contribution < 1.29 is 38.4 Å². The van der Waals surface area contributed by atoms with Gasteiger partial charge in [0.25, 0.3) is 0 Å². The van der Waals surface area contributed by atoms with Gasteiger partial charge < -0.3 is 49.6 Å². The second-order valence-electron chi connectivity index (χ2n) is 15.1. The van der Waals surface area contributed by atoms with Crippen molar-refractivity contribution in [2.45, 2.75) is 77.1 Å². The number of carbonyl (C=O) groups is 2. The fraction of sp³-hybridized carbons (Fsp3) is 0.806. The number of likely N-dealkylation sites (tertiary alicyclic amines) is 1. The summed E-state index contributed by atoms with van der Waals surface area (Å²) in [5.41, 5.74) is 1.21. The molecule has 17 heteroatoms. The van der Waals surface area contributed by atoms with Crippen LogP contribution in [0.1, 0.15) is 52.9 Å². The van der Waals surface area contributed by atoms with Gasteiger partial charge in [-0.05, 0) is 37.5 Å². The van der Waals surface area contributed by atoms with Crippen LogP contribution in [0.4, 0.5) is 11.8 Å². The van der Waals surface area contributed by atoms with Gasteiger partial charge in [0.2, 0.25) is 17.8 Å². The second kappa shape index (κ2) is 20.5. The molecule has 17 nitrogen and oxygen atoms in total. The minimum atomic E-state index is -0.703. The van der Waals surface area contributed by atoms with E-state index in [0.29, 0.717) is 83.7 Å². The average molecular weight is 748 g/mol. The number of hydrogen-bond acceptors (Lipinski definition) is 14. The third kappa shape index (κ3) is 12.7. The summed E-state index contributed by atoms with van der Waals surface area (Å²) in [6, 6.07) is 0.294. The van der Waals surface area contributed by atoms with E-state index in [4.69, 9.17) is 28.7 Å². The number of nitrogens with one attached hydrogen (secondary N) is 3. The van der Waals surface area contributed by atoms with E-state index in [2.05, 4.69) is 30.9 Å². The number of carbonyl (C=O) groups excluding carboxylic acids is 2. The topological polar surface area (TPSA) is 187 Å². The zero-order chi connectivity index (χ0) is 37.6. The van der Waals surface area contributed by atoms with E-state index in [1.165, 1.54) is 12.8 Å². The minimum Gasteiger partial charge on any atom is -0.391 e. The standard InChI is InChI=1S/C36H61N9O8/c1-36(2,3)32(34(48)45-11-9-28(46)24-45)41-30(47)25-53-22-21-52-20-19-51-18-17-49-14-10-37-35-40-29-23-38-43(4)31(29)33(42-35)39-26-5-7-27(8-6-26)44-12-15-50-16-13-44/h23,26-28,32,46H,5-22,24-25H2,1-4H3,(H,41,47)(H2,37,39,40,42)/t26?,27?,28-,32-/m1/s1. The Kier molecular flexibility index (Phi) is 15.8. The first-order chi connectivity index (χ1) is 25.6. The number of anilines is 2. The Morgan fingerprint density at radius 3 is 2.23 bits per heavy atom. The van der Waals surface area contributed by atoms with Crippen molar-refractivity contribution in [3.63, 3.8) is 0 Å². The van der Waals surface area contributed by atoms with Crippen molar-refractivity contribution in [1.29, 1.82) is 0 Å². The Morgan fingerprint density at radius 1 is 0.925 bits per heavy atom. The van der Waals surface area contributed by atoms with Crippen LogP contribution >= 0.6 is 0 Å². The van der Waals surface area contributed by atoms with Gasteiger partial charge in [-0.3, -0.25) is 19.2 Å². The Morgan fingerprint density at radius 2 is 1.58 bits per heavy atom. The van der Waals surface area contributed by atoms with E-state index in [0.717, 1.165) is 56.0 Å². The maximum atomic E-state index is 13.0. The van der Waals surface area contributed by atoms with E-state index in [1.807, 2.05) is 32.5 Å². The van der Waals surface area contributed by atoms with Gasteiger partial charge in [-0.1, -0.05) is 20.8 Å². The average Bonchev–Trinajstić information content (AvgIpc) is 3.75. The summed E-state index contributed by atoms with van der Waals surface area (Å²) >= 11 is 0. The van der Waals surface area contributed by atoms with Crippen molar-refractivity contribution in [3.05, 3.63) is 6.20 Å². The zero-order valence-electron chi connectivity index (χ0n) is 32.0. The highest BCUT2D eigenvalue weighted by Crippen LogP contribution is 2.29. The molecule has 4 heterocycles. The maximum Gasteiger partial charge on any atom is 0.246 e. The van der Waals surface area contributed by atoms with Gasteiger partial charge in [0, 0.05) is 51.9 Å². The molecule has 2 amide bonds. The number of β-amino-alcohol motifs (C(OH)–C–C–N with tert-alkyl or cyclic N) is 1. The van der Waals surface area contributed by atoms with Gasteiger partial charge in [-0.25, -0.2) is 4.98 Å². The van der Waals surface area contributed by atoms with Crippen LogP contribution in [-0.2, 0) is 40.3 Å². The molecule has 4 N–H and O–H groups in total. The molecule has 2 aliphatic heterocycles. The lowest BCUT2D eigenvalue weighted by Crippen LogP contribution is -2.55. The molecule has 2 saturated heterocycles. The quantitative estimate of drug-likeness (QED) is 0.141. The van der Waals surface area contributed by atoms with Crippen LogP contribution in [0.3, 0.4) is 0 Å². The number of amides is 2. The number of ether oxygens (including phenoxy) is 5. The number of morpholine rings is 1. The maximum absolute atomic E-state index is 13.0. The van der Waals surface area contributed by atoms with E-state index >= 15 is 0 Å².